The number of aryl methyl sites for hydroxylation is 1. The summed E-state index contributed by atoms with van der Waals surface area (Å²) in [5.74, 6) is 0. The van der Waals surface area contributed by atoms with E-state index in [2.05, 4.69) is 9.46 Å². The van der Waals surface area contributed by atoms with E-state index in [0.29, 0.717) is 0 Å². The predicted octanol–water partition coefficient (Wildman–Crippen LogP) is 0.980. The number of benzene rings is 1. The molecule has 0 atom stereocenters. The van der Waals surface area contributed by atoms with Gasteiger partial charge in [0, 0.05) is 0 Å². The van der Waals surface area contributed by atoms with Gasteiger partial charge < -0.3 is 10.5 Å². The van der Waals surface area contributed by atoms with E-state index in [1.54, 1.807) is 36.8 Å². The van der Waals surface area contributed by atoms with Crippen molar-refractivity contribution in [3.63, 3.8) is 0 Å². The zero-order valence-electron chi connectivity index (χ0n) is 10.1. The molecular formula is C10H15N3O4S. The number of hydrogen-bond acceptors (Lipinski definition) is 5. The van der Waals surface area contributed by atoms with Crippen molar-refractivity contribution in [2.45, 2.75) is 13.8 Å². The van der Waals surface area contributed by atoms with Gasteiger partial charge in [-0.1, -0.05) is 6.07 Å². The Labute approximate surface area is 106 Å². The van der Waals surface area contributed by atoms with Gasteiger partial charge in [0.25, 0.3) is 0 Å². The van der Waals surface area contributed by atoms with Gasteiger partial charge in [-0.3, -0.25) is 4.72 Å². The molecule has 0 saturated carbocycles. The number of nitrogens with two attached hydrogens (primary N) is 1. The Morgan fingerprint density at radius 2 is 2.11 bits per heavy atom. The Morgan fingerprint density at radius 3 is 2.72 bits per heavy atom. The largest absolute Gasteiger partial charge is 0.449 e. The van der Waals surface area contributed by atoms with E-state index in [-0.39, 0.29) is 18.0 Å². The molecule has 4 N–H and O–H groups in total. The second-order valence-electron chi connectivity index (χ2n) is 3.52. The first-order valence-corrected chi connectivity index (χ1v) is 6.66. The summed E-state index contributed by atoms with van der Waals surface area (Å²) >= 11 is 0. The lowest BCUT2D eigenvalue weighted by Gasteiger charge is -2.11. The van der Waals surface area contributed by atoms with Crippen LogP contribution >= 0.6 is 0 Å². The average Bonchev–Trinajstić information content (AvgIpc) is 2.22. The van der Waals surface area contributed by atoms with E-state index in [4.69, 9.17) is 5.73 Å². The van der Waals surface area contributed by atoms with Gasteiger partial charge in [-0.15, -0.1) is 0 Å². The van der Waals surface area contributed by atoms with Crippen molar-refractivity contribution in [3.8, 4) is 0 Å². The second-order valence-corrected chi connectivity index (χ2v) is 4.93. The van der Waals surface area contributed by atoms with Crippen LogP contribution in [-0.4, -0.2) is 21.1 Å². The van der Waals surface area contributed by atoms with E-state index < -0.39 is 16.3 Å². The molecule has 0 aromatic heterocycles. The third-order valence-corrected chi connectivity index (χ3v) is 2.87. The van der Waals surface area contributed by atoms with Gasteiger partial charge in [0.1, 0.15) is 0 Å². The van der Waals surface area contributed by atoms with E-state index in [1.807, 2.05) is 0 Å². The summed E-state index contributed by atoms with van der Waals surface area (Å²) in [6, 6.07) is 4.86. The van der Waals surface area contributed by atoms with Crippen LogP contribution in [0, 0.1) is 6.92 Å². The van der Waals surface area contributed by atoms with Crippen LogP contribution in [0.5, 0.6) is 0 Å². The van der Waals surface area contributed by atoms with Gasteiger partial charge in [-0.05, 0) is 31.5 Å². The summed E-state index contributed by atoms with van der Waals surface area (Å²) in [6.07, 6.45) is -1.05. The standard InChI is InChI=1S/C10H15N3O4S/c1-3-17-10(14)13-18(15,16)12-9-6-7(2)4-5-8(9)11/h4-6,12H,3,11H2,1-2H3,(H,13,14). The van der Waals surface area contributed by atoms with Gasteiger partial charge >= 0.3 is 16.3 Å². The lowest BCUT2D eigenvalue weighted by Crippen LogP contribution is -2.35. The number of nitrogens with one attached hydrogen (secondary N) is 2. The van der Waals surface area contributed by atoms with Crippen molar-refractivity contribution in [3.05, 3.63) is 23.8 Å². The van der Waals surface area contributed by atoms with Crippen molar-refractivity contribution in [1.82, 2.24) is 4.72 Å². The van der Waals surface area contributed by atoms with Crippen LogP contribution in [0.15, 0.2) is 18.2 Å². The molecule has 0 radical (unpaired) electrons. The number of rotatable bonds is 4. The van der Waals surface area contributed by atoms with Gasteiger partial charge in [0.2, 0.25) is 0 Å². The van der Waals surface area contributed by atoms with Crippen LogP contribution in [-0.2, 0) is 14.9 Å². The molecule has 18 heavy (non-hydrogen) atoms. The minimum Gasteiger partial charge on any atom is -0.449 e. The molecule has 0 unspecified atom stereocenters. The molecule has 0 heterocycles. The topological polar surface area (TPSA) is 111 Å². The number of hydrogen-bond donors (Lipinski definition) is 3. The fourth-order valence-corrected chi connectivity index (χ4v) is 1.99. The van der Waals surface area contributed by atoms with Crippen molar-refractivity contribution < 1.29 is 17.9 Å². The highest BCUT2D eigenvalue weighted by atomic mass is 32.2. The molecule has 0 spiro atoms. The zero-order valence-corrected chi connectivity index (χ0v) is 10.9. The summed E-state index contributed by atoms with van der Waals surface area (Å²) in [5.41, 5.74) is 6.91. The quantitative estimate of drug-likeness (QED) is 0.708. The molecular weight excluding hydrogens is 258 g/mol. The molecule has 1 aromatic rings. The number of ether oxygens (including phenoxy) is 1. The lowest BCUT2D eigenvalue weighted by atomic mass is 10.2. The third-order valence-electron chi connectivity index (χ3n) is 1.95. The Hall–Kier alpha value is -1.96. The smallest absolute Gasteiger partial charge is 0.422 e. The minimum absolute atomic E-state index is 0.0773. The fourth-order valence-electron chi connectivity index (χ4n) is 1.20. The molecule has 0 bridgehead atoms. The van der Waals surface area contributed by atoms with Crippen LogP contribution in [0.2, 0.25) is 0 Å². The maximum atomic E-state index is 11.6. The van der Waals surface area contributed by atoms with Crippen LogP contribution in [0.3, 0.4) is 0 Å². The molecule has 0 aliphatic carbocycles. The van der Waals surface area contributed by atoms with Crippen LogP contribution in [0.4, 0.5) is 16.2 Å². The monoisotopic (exact) mass is 273 g/mol. The summed E-state index contributed by atoms with van der Waals surface area (Å²) in [5, 5.41) is 0. The summed E-state index contributed by atoms with van der Waals surface area (Å²) in [4.78, 5) is 11.0. The van der Waals surface area contributed by atoms with Crippen molar-refractivity contribution in [2.75, 3.05) is 17.1 Å². The van der Waals surface area contributed by atoms with Gasteiger partial charge in [-0.2, -0.15) is 8.42 Å². The Kier molecular flexibility index (Phi) is 4.38. The number of amides is 1. The first-order chi connectivity index (χ1) is 8.34. The van der Waals surface area contributed by atoms with Gasteiger partial charge in [0.15, 0.2) is 0 Å². The maximum Gasteiger partial charge on any atom is 0.422 e. The lowest BCUT2D eigenvalue weighted by molar-refractivity contribution is 0.159. The third kappa shape index (κ3) is 4.13. The molecule has 0 aliphatic heterocycles. The van der Waals surface area contributed by atoms with Gasteiger partial charge in [0.05, 0.1) is 18.0 Å². The number of anilines is 2. The molecule has 0 fully saturated rings. The van der Waals surface area contributed by atoms with Gasteiger partial charge in [-0.25, -0.2) is 9.52 Å². The SMILES string of the molecule is CCOC(=O)NS(=O)(=O)Nc1cc(C)ccc1N. The van der Waals surface area contributed by atoms with Crippen molar-refractivity contribution in [2.24, 2.45) is 0 Å². The highest BCUT2D eigenvalue weighted by Gasteiger charge is 2.16. The molecule has 1 amide bonds. The molecule has 8 heteroatoms. The molecule has 1 aromatic carbocycles. The first kappa shape index (κ1) is 14.1. The molecule has 7 nitrogen and oxygen atoms in total. The van der Waals surface area contributed by atoms with Crippen LogP contribution < -0.4 is 15.2 Å². The minimum atomic E-state index is -4.05. The van der Waals surface area contributed by atoms with E-state index in [9.17, 15) is 13.2 Å². The number of carbonyl (C=O) groups excluding carboxylic acids is 1. The Balaban J connectivity index is 2.82. The second kappa shape index (κ2) is 5.58. The van der Waals surface area contributed by atoms with Crippen LogP contribution in [0.25, 0.3) is 0 Å². The molecule has 100 valence electrons. The Morgan fingerprint density at radius 1 is 1.44 bits per heavy atom. The highest BCUT2D eigenvalue weighted by Crippen LogP contribution is 2.20. The van der Waals surface area contributed by atoms with Crippen molar-refractivity contribution in [1.29, 1.82) is 0 Å². The Bertz CT molecular complexity index is 542. The normalized spacial score (nSPS) is 10.8. The molecule has 0 aliphatic rings. The predicted molar refractivity (Wildman–Crippen MR) is 68.3 cm³/mol. The van der Waals surface area contributed by atoms with E-state index in [0.717, 1.165) is 5.56 Å². The molecule has 1 rings (SSSR count). The zero-order chi connectivity index (χ0) is 13.8. The number of carbonyl (C=O) groups is 1. The summed E-state index contributed by atoms with van der Waals surface area (Å²) < 4.78 is 31.5. The molecule has 0 saturated heterocycles. The first-order valence-electron chi connectivity index (χ1n) is 5.17. The van der Waals surface area contributed by atoms with E-state index in [1.165, 1.54) is 0 Å². The highest BCUT2D eigenvalue weighted by molar-refractivity contribution is 7.91. The summed E-state index contributed by atoms with van der Waals surface area (Å²) in [7, 11) is -4.05. The van der Waals surface area contributed by atoms with E-state index >= 15 is 0 Å². The number of nitrogen functional groups attached to an aromatic ring is 1. The maximum absolute atomic E-state index is 11.6. The fraction of sp³-hybridized carbons (Fsp3) is 0.300. The van der Waals surface area contributed by atoms with Crippen molar-refractivity contribution >= 4 is 27.7 Å². The average molecular weight is 273 g/mol. The van der Waals surface area contributed by atoms with Crippen LogP contribution in [0.1, 0.15) is 12.5 Å². The summed E-state index contributed by atoms with van der Waals surface area (Å²) in [6.45, 7) is 3.43.